The Balaban J connectivity index is 1.80. The van der Waals surface area contributed by atoms with Crippen molar-refractivity contribution in [2.24, 2.45) is 5.41 Å². The molecule has 0 aromatic heterocycles. The smallest absolute Gasteiger partial charge is 0.182 e. The van der Waals surface area contributed by atoms with Crippen molar-refractivity contribution in [3.05, 3.63) is 74.9 Å². The lowest BCUT2D eigenvalue weighted by Crippen LogP contribution is -2.40. The molecule has 0 bridgehead atoms. The van der Waals surface area contributed by atoms with Crippen LogP contribution in [0.15, 0.2) is 58.2 Å². The number of hydrogen-bond donors (Lipinski definition) is 0. The summed E-state index contributed by atoms with van der Waals surface area (Å²) < 4.78 is 7.21. The lowest BCUT2D eigenvalue weighted by molar-refractivity contribution is -0.133. The van der Waals surface area contributed by atoms with Crippen LogP contribution < -0.4 is 0 Å². The third-order valence-electron chi connectivity index (χ3n) is 5.74. The van der Waals surface area contributed by atoms with Gasteiger partial charge in [-0.3, -0.25) is 9.59 Å². The molecule has 1 aliphatic carbocycles. The number of allylic oxidation sites excluding steroid dienone is 1. The van der Waals surface area contributed by atoms with Gasteiger partial charge >= 0.3 is 0 Å². The maximum Gasteiger partial charge on any atom is 0.182 e. The largest absolute Gasteiger partial charge is 0.483 e. The van der Waals surface area contributed by atoms with Gasteiger partial charge in [-0.15, -0.1) is 0 Å². The molecule has 0 unspecified atom stereocenters. The first kappa shape index (κ1) is 18.4. The van der Waals surface area contributed by atoms with E-state index in [9.17, 15) is 9.59 Å². The Morgan fingerprint density at radius 2 is 1.67 bits per heavy atom. The molecule has 0 saturated heterocycles. The first-order valence-corrected chi connectivity index (χ1v) is 10.4. The second-order valence-electron chi connectivity index (χ2n) is 7.38. The number of Topliss-reactive ketones (excluding diaryl/α,β-unsaturated/α-hetero) is 2. The summed E-state index contributed by atoms with van der Waals surface area (Å²) in [5.41, 5.74) is 2.09. The number of carbonyl (C=O) groups excluding carboxylic acids is 2. The quantitative estimate of drug-likeness (QED) is 0.413. The van der Waals surface area contributed by atoms with Gasteiger partial charge in [0.2, 0.25) is 0 Å². The zero-order chi connectivity index (χ0) is 19.0. The minimum atomic E-state index is -0.458. The third-order valence-corrected chi connectivity index (χ3v) is 6.72. The van der Waals surface area contributed by atoms with Crippen molar-refractivity contribution >= 4 is 39.9 Å². The second kappa shape index (κ2) is 7.23. The SMILES string of the molecule is CC(=O)c1ccc(C2=C(I)C(=O)C3(CCCC3)[C@@H](c3ccccc3)O2)cc1. The van der Waals surface area contributed by atoms with Crippen LogP contribution >= 0.6 is 22.6 Å². The molecule has 1 aliphatic heterocycles. The van der Waals surface area contributed by atoms with E-state index in [2.05, 4.69) is 22.6 Å². The van der Waals surface area contributed by atoms with Crippen molar-refractivity contribution in [2.75, 3.05) is 0 Å². The third kappa shape index (κ3) is 3.14. The van der Waals surface area contributed by atoms with Crippen LogP contribution in [0.5, 0.6) is 0 Å². The maximum absolute atomic E-state index is 13.5. The van der Waals surface area contributed by atoms with Crippen LogP contribution in [-0.2, 0) is 9.53 Å². The van der Waals surface area contributed by atoms with E-state index in [0.29, 0.717) is 14.9 Å². The molecular weight excluding hydrogens is 451 g/mol. The topological polar surface area (TPSA) is 43.4 Å². The van der Waals surface area contributed by atoms with Gasteiger partial charge in [-0.2, -0.15) is 0 Å². The molecule has 0 radical (unpaired) electrons. The van der Waals surface area contributed by atoms with Gasteiger partial charge in [0.05, 0.1) is 8.99 Å². The highest BCUT2D eigenvalue weighted by Crippen LogP contribution is 2.56. The van der Waals surface area contributed by atoms with E-state index in [1.807, 2.05) is 42.5 Å². The van der Waals surface area contributed by atoms with Gasteiger partial charge in [0.25, 0.3) is 0 Å². The summed E-state index contributed by atoms with van der Waals surface area (Å²) in [7, 11) is 0. The van der Waals surface area contributed by atoms with Crippen molar-refractivity contribution in [1.29, 1.82) is 0 Å². The summed E-state index contributed by atoms with van der Waals surface area (Å²) in [6.45, 7) is 1.55. The van der Waals surface area contributed by atoms with Gasteiger partial charge in [-0.1, -0.05) is 67.4 Å². The molecule has 0 amide bonds. The predicted octanol–water partition coefficient (Wildman–Crippen LogP) is 5.89. The summed E-state index contributed by atoms with van der Waals surface area (Å²) in [4.78, 5) is 25.0. The molecule has 4 heteroatoms. The van der Waals surface area contributed by atoms with E-state index in [1.54, 1.807) is 19.1 Å². The molecule has 2 aromatic carbocycles. The lowest BCUT2D eigenvalue weighted by Gasteiger charge is -2.41. The number of ether oxygens (including phenoxy) is 1. The fourth-order valence-corrected chi connectivity index (χ4v) is 5.26. The Labute approximate surface area is 173 Å². The molecule has 4 rings (SSSR count). The molecular formula is C23H21IO3. The number of carbonyl (C=O) groups is 2. The van der Waals surface area contributed by atoms with Crippen molar-refractivity contribution in [2.45, 2.75) is 38.7 Å². The van der Waals surface area contributed by atoms with E-state index < -0.39 is 5.41 Å². The Morgan fingerprint density at radius 1 is 1.04 bits per heavy atom. The van der Waals surface area contributed by atoms with Gasteiger partial charge < -0.3 is 4.74 Å². The van der Waals surface area contributed by atoms with Crippen LogP contribution in [0.1, 0.15) is 60.2 Å². The first-order valence-electron chi connectivity index (χ1n) is 9.30. The van der Waals surface area contributed by atoms with Gasteiger partial charge in [0.1, 0.15) is 11.9 Å². The molecule has 2 aromatic rings. The van der Waals surface area contributed by atoms with Crippen LogP contribution in [0.25, 0.3) is 5.76 Å². The molecule has 1 saturated carbocycles. The number of rotatable bonds is 3. The number of ketones is 2. The Kier molecular flexibility index (Phi) is 4.93. The van der Waals surface area contributed by atoms with Crippen LogP contribution in [0.4, 0.5) is 0 Å². The molecule has 138 valence electrons. The molecule has 1 heterocycles. The highest BCUT2D eigenvalue weighted by atomic mass is 127. The predicted molar refractivity (Wildman–Crippen MR) is 114 cm³/mol. The first-order chi connectivity index (χ1) is 13.0. The van der Waals surface area contributed by atoms with Gasteiger partial charge in [0.15, 0.2) is 11.6 Å². The molecule has 3 nitrogen and oxygen atoms in total. The minimum Gasteiger partial charge on any atom is -0.483 e. The maximum atomic E-state index is 13.5. The van der Waals surface area contributed by atoms with E-state index in [0.717, 1.165) is 36.8 Å². The molecule has 1 fully saturated rings. The molecule has 2 aliphatic rings. The minimum absolute atomic E-state index is 0.0259. The molecule has 1 atom stereocenters. The lowest BCUT2D eigenvalue weighted by atomic mass is 9.72. The molecule has 0 N–H and O–H groups in total. The standard InChI is InChI=1S/C23H21IO3/c1-15(25)16-9-11-17(12-10-16)20-19(24)21(26)23(13-5-6-14-23)22(27-20)18-7-3-2-4-8-18/h2-4,7-12,22H,5-6,13-14H2,1H3/t22-/m1/s1. The van der Waals surface area contributed by atoms with Crippen molar-refractivity contribution < 1.29 is 14.3 Å². The Bertz CT molecular complexity index is 906. The fourth-order valence-electron chi connectivity index (χ4n) is 4.28. The summed E-state index contributed by atoms with van der Waals surface area (Å²) in [5.74, 6) is 0.853. The van der Waals surface area contributed by atoms with Gasteiger partial charge in [-0.05, 0) is 47.9 Å². The molecule has 27 heavy (non-hydrogen) atoms. The van der Waals surface area contributed by atoms with Gasteiger partial charge in [0, 0.05) is 11.1 Å². The summed E-state index contributed by atoms with van der Waals surface area (Å²) in [5, 5.41) is 0. The zero-order valence-electron chi connectivity index (χ0n) is 15.2. The average Bonchev–Trinajstić information content (AvgIpc) is 3.18. The van der Waals surface area contributed by atoms with E-state index >= 15 is 0 Å². The fraction of sp³-hybridized carbons (Fsp3) is 0.304. The van der Waals surface area contributed by atoms with Crippen LogP contribution in [-0.4, -0.2) is 11.6 Å². The highest BCUT2D eigenvalue weighted by Gasteiger charge is 2.53. The number of halogens is 1. The second-order valence-corrected chi connectivity index (χ2v) is 8.46. The van der Waals surface area contributed by atoms with Crippen LogP contribution in [0, 0.1) is 5.41 Å². The van der Waals surface area contributed by atoms with Crippen LogP contribution in [0.2, 0.25) is 0 Å². The van der Waals surface area contributed by atoms with E-state index in [-0.39, 0.29) is 17.7 Å². The Hall–Kier alpha value is -1.95. The van der Waals surface area contributed by atoms with Crippen molar-refractivity contribution in [3.63, 3.8) is 0 Å². The Morgan fingerprint density at radius 3 is 2.26 bits per heavy atom. The zero-order valence-corrected chi connectivity index (χ0v) is 17.4. The van der Waals surface area contributed by atoms with E-state index in [4.69, 9.17) is 4.74 Å². The number of benzene rings is 2. The molecule has 1 spiro atoms. The van der Waals surface area contributed by atoms with Crippen LogP contribution in [0.3, 0.4) is 0 Å². The monoisotopic (exact) mass is 472 g/mol. The average molecular weight is 472 g/mol. The summed E-state index contributed by atoms with van der Waals surface area (Å²) in [6.07, 6.45) is 3.59. The summed E-state index contributed by atoms with van der Waals surface area (Å²) >= 11 is 2.14. The van der Waals surface area contributed by atoms with Crippen molar-refractivity contribution in [1.82, 2.24) is 0 Å². The summed E-state index contributed by atoms with van der Waals surface area (Å²) in [6, 6.07) is 17.4. The highest BCUT2D eigenvalue weighted by molar-refractivity contribution is 14.1. The van der Waals surface area contributed by atoms with E-state index in [1.165, 1.54) is 0 Å². The van der Waals surface area contributed by atoms with Gasteiger partial charge in [-0.25, -0.2) is 0 Å². The normalized spacial score (nSPS) is 21.4. The number of hydrogen-bond acceptors (Lipinski definition) is 3. The van der Waals surface area contributed by atoms with Crippen molar-refractivity contribution in [3.8, 4) is 0 Å².